The molecule has 0 N–H and O–H groups in total. The highest BCUT2D eigenvalue weighted by atomic mass is 35.5. The van der Waals surface area contributed by atoms with Gasteiger partial charge in [0.1, 0.15) is 0 Å². The van der Waals surface area contributed by atoms with E-state index in [0.29, 0.717) is 13.1 Å². The van der Waals surface area contributed by atoms with Gasteiger partial charge < -0.3 is 9.80 Å². The lowest BCUT2D eigenvalue weighted by molar-refractivity contribution is 0.0746. The number of anilines is 1. The number of thiazole rings is 1. The number of benzene rings is 2. The van der Waals surface area contributed by atoms with Gasteiger partial charge in [-0.15, -0.1) is 11.8 Å². The molecule has 4 rings (SSSR count). The fourth-order valence-corrected chi connectivity index (χ4v) is 5.40. The summed E-state index contributed by atoms with van der Waals surface area (Å²) >= 11 is 9.76. The number of fused-ring (bicyclic) bond motifs is 1. The van der Waals surface area contributed by atoms with E-state index in [4.69, 9.17) is 16.6 Å². The van der Waals surface area contributed by atoms with Crippen LogP contribution in [-0.4, -0.2) is 47.7 Å². The number of hydrogen-bond acceptors (Lipinski definition) is 5. The number of nitrogens with zero attached hydrogens (tertiary/aromatic N) is 3. The van der Waals surface area contributed by atoms with E-state index in [0.717, 1.165) is 50.3 Å². The van der Waals surface area contributed by atoms with Crippen LogP contribution in [0.3, 0.4) is 0 Å². The quantitative estimate of drug-likeness (QED) is 0.523. The molecule has 7 heteroatoms. The van der Waals surface area contributed by atoms with Crippen molar-refractivity contribution in [2.45, 2.75) is 18.7 Å². The average Bonchev–Trinajstić information content (AvgIpc) is 3.18. The lowest BCUT2D eigenvalue weighted by Gasteiger charge is -2.34. The maximum atomic E-state index is 12.8. The van der Waals surface area contributed by atoms with Crippen molar-refractivity contribution in [2.75, 3.05) is 36.8 Å². The zero-order valence-electron chi connectivity index (χ0n) is 15.9. The molecular formula is C21H22ClN3OS2. The highest BCUT2D eigenvalue weighted by Gasteiger charge is 2.24. The second-order valence-corrected chi connectivity index (χ2v) is 9.50. The summed E-state index contributed by atoms with van der Waals surface area (Å²) in [7, 11) is 0. The molecule has 0 atom stereocenters. The zero-order chi connectivity index (χ0) is 19.7. The molecule has 1 aliphatic rings. The van der Waals surface area contributed by atoms with Crippen LogP contribution < -0.4 is 4.90 Å². The van der Waals surface area contributed by atoms with E-state index in [1.54, 1.807) is 23.1 Å². The number of aromatic nitrogens is 1. The van der Waals surface area contributed by atoms with Crippen LogP contribution in [0.5, 0.6) is 0 Å². The van der Waals surface area contributed by atoms with E-state index in [1.807, 2.05) is 41.3 Å². The van der Waals surface area contributed by atoms with E-state index in [-0.39, 0.29) is 5.91 Å². The van der Waals surface area contributed by atoms with Crippen molar-refractivity contribution in [2.24, 2.45) is 0 Å². The number of carbonyl (C=O) groups is 1. The van der Waals surface area contributed by atoms with Crippen LogP contribution in [0, 0.1) is 6.92 Å². The Morgan fingerprint density at radius 2 is 1.86 bits per heavy atom. The van der Waals surface area contributed by atoms with Gasteiger partial charge in [-0.1, -0.05) is 35.9 Å². The molecule has 1 aliphatic heterocycles. The van der Waals surface area contributed by atoms with Crippen molar-refractivity contribution in [3.63, 3.8) is 0 Å². The summed E-state index contributed by atoms with van der Waals surface area (Å²) in [5, 5.41) is 1.74. The summed E-state index contributed by atoms with van der Waals surface area (Å²) in [6.07, 6.45) is 0. The third kappa shape index (κ3) is 3.86. The highest BCUT2D eigenvalue weighted by Crippen LogP contribution is 2.35. The first-order valence-corrected chi connectivity index (χ1v) is 11.6. The second-order valence-electron chi connectivity index (χ2n) is 6.78. The summed E-state index contributed by atoms with van der Waals surface area (Å²) in [5.74, 6) is 1.14. The number of thioether (sulfide) groups is 1. The molecule has 1 saturated heterocycles. The maximum absolute atomic E-state index is 12.8. The summed E-state index contributed by atoms with van der Waals surface area (Å²) in [6, 6.07) is 11.9. The fourth-order valence-electron chi connectivity index (χ4n) is 3.37. The summed E-state index contributed by atoms with van der Waals surface area (Å²) in [5.41, 5.74) is 2.88. The van der Waals surface area contributed by atoms with Gasteiger partial charge in [0, 0.05) is 36.6 Å². The van der Waals surface area contributed by atoms with Crippen molar-refractivity contribution in [3.8, 4) is 0 Å². The number of halogens is 1. The van der Waals surface area contributed by atoms with Crippen LogP contribution >= 0.6 is 34.7 Å². The largest absolute Gasteiger partial charge is 0.345 e. The first kappa shape index (κ1) is 19.6. The third-order valence-electron chi connectivity index (χ3n) is 4.94. The van der Waals surface area contributed by atoms with Crippen LogP contribution in [0.2, 0.25) is 5.02 Å². The summed E-state index contributed by atoms with van der Waals surface area (Å²) in [6.45, 7) is 7.16. The summed E-state index contributed by atoms with van der Waals surface area (Å²) in [4.78, 5) is 23.0. The average molecular weight is 432 g/mol. The van der Waals surface area contributed by atoms with Crippen LogP contribution in [0.4, 0.5) is 5.13 Å². The van der Waals surface area contributed by atoms with Crippen molar-refractivity contribution < 1.29 is 4.79 Å². The van der Waals surface area contributed by atoms with Crippen molar-refractivity contribution >= 4 is 56.0 Å². The molecule has 2 heterocycles. The van der Waals surface area contributed by atoms with Crippen molar-refractivity contribution in [3.05, 3.63) is 52.5 Å². The lowest BCUT2D eigenvalue weighted by Crippen LogP contribution is -2.48. The smallest absolute Gasteiger partial charge is 0.253 e. The fraction of sp³-hybridized carbons (Fsp3) is 0.333. The number of piperazine rings is 1. The lowest BCUT2D eigenvalue weighted by atomic mass is 10.2. The standard InChI is InChI=1S/C21H22ClN3OS2/c1-3-27-16-7-5-15(6-8-16)20(26)24-10-12-25(13-11-24)21-23-18-14(2)4-9-17(22)19(18)28-21/h4-9H,3,10-13H2,1-2H3. The minimum absolute atomic E-state index is 0.107. The van der Waals surface area contributed by atoms with Gasteiger partial charge in [-0.3, -0.25) is 4.79 Å². The molecule has 1 aromatic heterocycles. The Balaban J connectivity index is 1.43. The van der Waals surface area contributed by atoms with Crippen molar-refractivity contribution in [1.29, 1.82) is 0 Å². The summed E-state index contributed by atoms with van der Waals surface area (Å²) < 4.78 is 1.04. The molecule has 0 radical (unpaired) electrons. The predicted molar refractivity (Wildman–Crippen MR) is 120 cm³/mol. The van der Waals surface area contributed by atoms with Gasteiger partial charge in [0.15, 0.2) is 5.13 Å². The highest BCUT2D eigenvalue weighted by molar-refractivity contribution is 7.99. The molecule has 0 unspecified atom stereocenters. The Bertz CT molecular complexity index is 956. The van der Waals surface area contributed by atoms with E-state index < -0.39 is 0 Å². The van der Waals surface area contributed by atoms with Crippen LogP contribution in [0.25, 0.3) is 10.2 Å². The normalized spacial score (nSPS) is 14.7. The molecule has 1 amide bonds. The van der Waals surface area contributed by atoms with Crippen LogP contribution in [0.1, 0.15) is 22.8 Å². The molecule has 0 saturated carbocycles. The van der Waals surface area contributed by atoms with E-state index in [1.165, 1.54) is 4.90 Å². The number of aryl methyl sites for hydroxylation is 1. The Morgan fingerprint density at radius 1 is 1.14 bits per heavy atom. The molecular weight excluding hydrogens is 410 g/mol. The van der Waals surface area contributed by atoms with Gasteiger partial charge in [0.05, 0.1) is 15.2 Å². The minimum atomic E-state index is 0.107. The Labute approximate surface area is 178 Å². The van der Waals surface area contributed by atoms with Crippen LogP contribution in [0.15, 0.2) is 41.3 Å². The van der Waals surface area contributed by atoms with E-state index in [9.17, 15) is 4.79 Å². The number of hydrogen-bond donors (Lipinski definition) is 0. The molecule has 1 fully saturated rings. The molecule has 3 aromatic rings. The first-order valence-electron chi connectivity index (χ1n) is 9.39. The number of carbonyl (C=O) groups excluding carboxylic acids is 1. The van der Waals surface area contributed by atoms with E-state index >= 15 is 0 Å². The zero-order valence-corrected chi connectivity index (χ0v) is 18.3. The van der Waals surface area contributed by atoms with Crippen molar-refractivity contribution in [1.82, 2.24) is 9.88 Å². The molecule has 0 spiro atoms. The molecule has 2 aromatic carbocycles. The number of rotatable bonds is 4. The van der Waals surface area contributed by atoms with Gasteiger partial charge in [-0.05, 0) is 48.6 Å². The van der Waals surface area contributed by atoms with Gasteiger partial charge in [0.2, 0.25) is 0 Å². The Hall–Kier alpha value is -1.76. The molecule has 0 aliphatic carbocycles. The molecule has 28 heavy (non-hydrogen) atoms. The third-order valence-corrected chi connectivity index (χ3v) is 7.41. The Morgan fingerprint density at radius 3 is 2.50 bits per heavy atom. The van der Waals surface area contributed by atoms with Crippen LogP contribution in [-0.2, 0) is 0 Å². The number of amides is 1. The van der Waals surface area contributed by atoms with E-state index in [2.05, 4.69) is 18.7 Å². The SMILES string of the molecule is CCSc1ccc(C(=O)N2CCN(c3nc4c(C)ccc(Cl)c4s3)CC2)cc1. The first-order chi connectivity index (χ1) is 13.6. The van der Waals surface area contributed by atoms with Gasteiger partial charge in [-0.25, -0.2) is 4.98 Å². The Kier molecular flexibility index (Phi) is 5.80. The topological polar surface area (TPSA) is 36.4 Å². The maximum Gasteiger partial charge on any atom is 0.253 e. The van der Waals surface area contributed by atoms with Gasteiger partial charge >= 0.3 is 0 Å². The monoisotopic (exact) mass is 431 g/mol. The van der Waals surface area contributed by atoms with Gasteiger partial charge in [0.25, 0.3) is 5.91 Å². The second kappa shape index (κ2) is 8.31. The minimum Gasteiger partial charge on any atom is -0.345 e. The molecule has 4 nitrogen and oxygen atoms in total. The predicted octanol–water partition coefficient (Wildman–Crippen LogP) is 5.33. The molecule has 146 valence electrons. The molecule has 0 bridgehead atoms. The van der Waals surface area contributed by atoms with Gasteiger partial charge in [-0.2, -0.15) is 0 Å².